The van der Waals surface area contributed by atoms with Gasteiger partial charge in [0.25, 0.3) is 0 Å². The standard InChI is InChI=1S/C12H17ClN4O2/c1-8-9(17(18)19)10(15-11(13)14-8)16-6-4-5-12(2,3)7-16/h4-7H2,1-3H3. The smallest absolute Gasteiger partial charge is 0.332 e. The fourth-order valence-corrected chi connectivity index (χ4v) is 2.76. The highest BCUT2D eigenvalue weighted by atomic mass is 35.5. The van der Waals surface area contributed by atoms with E-state index in [0.29, 0.717) is 11.5 Å². The lowest BCUT2D eigenvalue weighted by Gasteiger charge is -2.38. The first-order valence-electron chi connectivity index (χ1n) is 6.24. The van der Waals surface area contributed by atoms with Crippen molar-refractivity contribution in [3.8, 4) is 0 Å². The largest absolute Gasteiger partial charge is 0.350 e. The van der Waals surface area contributed by atoms with Gasteiger partial charge >= 0.3 is 5.69 Å². The van der Waals surface area contributed by atoms with Crippen molar-refractivity contribution in [1.82, 2.24) is 9.97 Å². The Labute approximate surface area is 117 Å². The third-order valence-electron chi connectivity index (χ3n) is 3.40. The van der Waals surface area contributed by atoms with Crippen LogP contribution in [0.4, 0.5) is 11.5 Å². The Hall–Kier alpha value is -1.43. The second-order valence-corrected chi connectivity index (χ2v) is 6.03. The summed E-state index contributed by atoms with van der Waals surface area (Å²) in [5.74, 6) is 0.343. The van der Waals surface area contributed by atoms with E-state index in [-0.39, 0.29) is 16.4 Å². The molecular formula is C12H17ClN4O2. The van der Waals surface area contributed by atoms with E-state index in [4.69, 9.17) is 11.6 Å². The van der Waals surface area contributed by atoms with Crippen LogP contribution < -0.4 is 4.90 Å². The van der Waals surface area contributed by atoms with Crippen molar-refractivity contribution < 1.29 is 4.92 Å². The van der Waals surface area contributed by atoms with Crippen molar-refractivity contribution in [2.45, 2.75) is 33.6 Å². The van der Waals surface area contributed by atoms with E-state index >= 15 is 0 Å². The summed E-state index contributed by atoms with van der Waals surface area (Å²) >= 11 is 5.85. The average molecular weight is 285 g/mol. The van der Waals surface area contributed by atoms with Gasteiger partial charge in [-0.25, -0.2) is 4.98 Å². The second-order valence-electron chi connectivity index (χ2n) is 5.70. The summed E-state index contributed by atoms with van der Waals surface area (Å²) in [5.41, 5.74) is 0.391. The minimum Gasteiger partial charge on any atom is -0.350 e. The fourth-order valence-electron chi connectivity index (χ4n) is 2.56. The minimum absolute atomic E-state index is 0.0397. The number of rotatable bonds is 2. The predicted molar refractivity (Wildman–Crippen MR) is 73.7 cm³/mol. The Balaban J connectivity index is 2.46. The first-order valence-corrected chi connectivity index (χ1v) is 6.61. The number of nitro groups is 1. The maximum absolute atomic E-state index is 11.2. The van der Waals surface area contributed by atoms with Crippen LogP contribution >= 0.6 is 11.6 Å². The number of halogens is 1. The van der Waals surface area contributed by atoms with Gasteiger partial charge in [-0.3, -0.25) is 10.1 Å². The van der Waals surface area contributed by atoms with Crippen LogP contribution in [0.15, 0.2) is 0 Å². The molecule has 1 aromatic heterocycles. The van der Waals surface area contributed by atoms with Crippen LogP contribution in [0.25, 0.3) is 0 Å². The Morgan fingerprint density at radius 1 is 1.42 bits per heavy atom. The zero-order chi connectivity index (χ0) is 14.2. The highest BCUT2D eigenvalue weighted by molar-refractivity contribution is 6.28. The molecule has 6 nitrogen and oxygen atoms in total. The Morgan fingerprint density at radius 2 is 2.11 bits per heavy atom. The van der Waals surface area contributed by atoms with Crippen LogP contribution in [0, 0.1) is 22.5 Å². The van der Waals surface area contributed by atoms with E-state index in [1.165, 1.54) is 0 Å². The quantitative estimate of drug-likeness (QED) is 0.474. The van der Waals surface area contributed by atoms with E-state index in [9.17, 15) is 10.1 Å². The molecule has 0 unspecified atom stereocenters. The van der Waals surface area contributed by atoms with Gasteiger partial charge in [0.2, 0.25) is 11.1 Å². The number of hydrogen-bond donors (Lipinski definition) is 0. The molecule has 0 atom stereocenters. The topological polar surface area (TPSA) is 72.2 Å². The van der Waals surface area contributed by atoms with Crippen LogP contribution in [-0.4, -0.2) is 28.0 Å². The molecule has 1 fully saturated rings. The molecule has 0 saturated carbocycles. The van der Waals surface area contributed by atoms with Crippen molar-refractivity contribution >= 4 is 23.1 Å². The molecule has 0 aromatic carbocycles. The van der Waals surface area contributed by atoms with Gasteiger partial charge in [0.1, 0.15) is 5.69 Å². The lowest BCUT2D eigenvalue weighted by molar-refractivity contribution is -0.385. The summed E-state index contributed by atoms with van der Waals surface area (Å²) in [4.78, 5) is 20.7. The lowest BCUT2D eigenvalue weighted by Crippen LogP contribution is -2.41. The Kier molecular flexibility index (Phi) is 3.62. The molecule has 104 valence electrons. The van der Waals surface area contributed by atoms with Gasteiger partial charge in [0, 0.05) is 13.1 Å². The van der Waals surface area contributed by atoms with Crippen molar-refractivity contribution in [2.24, 2.45) is 5.41 Å². The number of nitrogens with zero attached hydrogens (tertiary/aromatic N) is 4. The molecular weight excluding hydrogens is 268 g/mol. The molecule has 19 heavy (non-hydrogen) atoms. The highest BCUT2D eigenvalue weighted by Crippen LogP contribution is 2.36. The molecule has 0 spiro atoms. The third kappa shape index (κ3) is 2.94. The van der Waals surface area contributed by atoms with E-state index in [0.717, 1.165) is 25.9 Å². The molecule has 7 heteroatoms. The van der Waals surface area contributed by atoms with Gasteiger partial charge in [0.05, 0.1) is 4.92 Å². The van der Waals surface area contributed by atoms with E-state index in [1.54, 1.807) is 6.92 Å². The van der Waals surface area contributed by atoms with Crippen LogP contribution in [-0.2, 0) is 0 Å². The molecule has 2 heterocycles. The molecule has 1 aliphatic heterocycles. The molecule has 2 rings (SSSR count). The number of aryl methyl sites for hydroxylation is 1. The van der Waals surface area contributed by atoms with Crippen LogP contribution in [0.5, 0.6) is 0 Å². The zero-order valence-corrected chi connectivity index (χ0v) is 12.1. The van der Waals surface area contributed by atoms with Crippen molar-refractivity contribution in [3.63, 3.8) is 0 Å². The maximum atomic E-state index is 11.2. The van der Waals surface area contributed by atoms with Crippen molar-refractivity contribution in [1.29, 1.82) is 0 Å². The number of aromatic nitrogens is 2. The summed E-state index contributed by atoms with van der Waals surface area (Å²) < 4.78 is 0. The minimum atomic E-state index is -0.428. The van der Waals surface area contributed by atoms with Crippen molar-refractivity contribution in [2.75, 3.05) is 18.0 Å². The first-order chi connectivity index (χ1) is 8.80. The normalized spacial score (nSPS) is 18.4. The monoisotopic (exact) mass is 284 g/mol. The number of anilines is 1. The number of hydrogen-bond acceptors (Lipinski definition) is 5. The van der Waals surface area contributed by atoms with Gasteiger partial charge < -0.3 is 4.90 Å². The Morgan fingerprint density at radius 3 is 2.68 bits per heavy atom. The van der Waals surface area contributed by atoms with Crippen molar-refractivity contribution in [3.05, 3.63) is 21.1 Å². The summed E-state index contributed by atoms with van der Waals surface area (Å²) in [7, 11) is 0. The van der Waals surface area contributed by atoms with Crippen LogP contribution in [0.2, 0.25) is 5.28 Å². The van der Waals surface area contributed by atoms with Gasteiger partial charge in [-0.2, -0.15) is 4.98 Å². The van der Waals surface area contributed by atoms with E-state index in [2.05, 4.69) is 23.8 Å². The predicted octanol–water partition coefficient (Wildman–Crippen LogP) is 2.97. The second kappa shape index (κ2) is 4.92. The molecule has 1 saturated heterocycles. The van der Waals surface area contributed by atoms with Crippen LogP contribution in [0.3, 0.4) is 0 Å². The fraction of sp³-hybridized carbons (Fsp3) is 0.667. The van der Waals surface area contributed by atoms with Gasteiger partial charge in [-0.05, 0) is 36.8 Å². The van der Waals surface area contributed by atoms with E-state index < -0.39 is 4.92 Å². The average Bonchev–Trinajstić information content (AvgIpc) is 2.25. The lowest BCUT2D eigenvalue weighted by atomic mass is 9.84. The van der Waals surface area contributed by atoms with Gasteiger partial charge in [-0.15, -0.1) is 0 Å². The first kappa shape index (κ1) is 14.0. The summed E-state index contributed by atoms with van der Waals surface area (Å²) in [6, 6.07) is 0. The van der Waals surface area contributed by atoms with E-state index in [1.807, 2.05) is 4.90 Å². The molecule has 0 N–H and O–H groups in total. The van der Waals surface area contributed by atoms with Gasteiger partial charge in [0.15, 0.2) is 0 Å². The summed E-state index contributed by atoms with van der Waals surface area (Å²) in [6.45, 7) is 7.39. The molecule has 1 aromatic rings. The maximum Gasteiger partial charge on any atom is 0.332 e. The molecule has 0 aliphatic carbocycles. The SMILES string of the molecule is Cc1nc(Cl)nc(N2CCCC(C)(C)C2)c1[N+](=O)[O-]. The molecule has 0 amide bonds. The highest BCUT2D eigenvalue weighted by Gasteiger charge is 2.32. The van der Waals surface area contributed by atoms with Gasteiger partial charge in [-0.1, -0.05) is 13.8 Å². The van der Waals surface area contributed by atoms with Crippen LogP contribution in [0.1, 0.15) is 32.4 Å². The zero-order valence-electron chi connectivity index (χ0n) is 11.3. The molecule has 0 bridgehead atoms. The number of piperidine rings is 1. The molecule has 0 radical (unpaired) electrons. The summed E-state index contributed by atoms with van der Waals surface area (Å²) in [6.07, 6.45) is 2.10. The summed E-state index contributed by atoms with van der Waals surface area (Å²) in [5, 5.41) is 11.3. The molecule has 1 aliphatic rings. The Bertz CT molecular complexity index is 519. The third-order valence-corrected chi connectivity index (χ3v) is 3.56.